The zero-order valence-corrected chi connectivity index (χ0v) is 17.9. The Kier molecular flexibility index (Phi) is 7.50. The van der Waals surface area contributed by atoms with E-state index in [0.29, 0.717) is 0 Å². The minimum atomic E-state index is -4.47. The highest BCUT2D eigenvalue weighted by atomic mass is 19.4. The van der Waals surface area contributed by atoms with Gasteiger partial charge in [0.15, 0.2) is 18.1 Å². The van der Waals surface area contributed by atoms with Crippen LogP contribution in [0.5, 0.6) is 11.5 Å². The maximum Gasteiger partial charge on any atom is 0.416 e. The summed E-state index contributed by atoms with van der Waals surface area (Å²) in [5.74, 6) is -1.88. The Bertz CT molecular complexity index is 996. The van der Waals surface area contributed by atoms with Crippen molar-refractivity contribution >= 4 is 23.3 Å². The number of alkyl halides is 3. The number of anilines is 1. The Morgan fingerprint density at radius 1 is 0.938 bits per heavy atom. The largest absolute Gasteiger partial charge is 0.493 e. The highest BCUT2D eigenvalue weighted by Gasteiger charge is 2.30. The summed E-state index contributed by atoms with van der Waals surface area (Å²) in [5.41, 5.74) is -1.17. The van der Waals surface area contributed by atoms with Gasteiger partial charge in [-0.05, 0) is 63.2 Å². The number of methoxy groups -OCH3 is 1. The van der Waals surface area contributed by atoms with E-state index in [0.717, 1.165) is 24.3 Å². The number of hydrogen-bond acceptors (Lipinski definition) is 5. The molecule has 0 heterocycles. The minimum absolute atomic E-state index is 0.0742. The molecule has 0 aliphatic carbocycles. The molecule has 2 N–H and O–H groups in total. The molecule has 2 rings (SSSR count). The molecule has 0 saturated carbocycles. The first-order valence-corrected chi connectivity index (χ1v) is 9.45. The van der Waals surface area contributed by atoms with E-state index in [1.165, 1.54) is 25.3 Å². The quantitative estimate of drug-likeness (QED) is 0.492. The first kappa shape index (κ1) is 24.7. The number of carbonyl (C=O) groups is 3. The standard InChI is InChI=1S/C22H23F3N2O5/c1-21(2,3)27-20(30)19(29)13-5-10-16(17(11-13)31-4)32-12-18(28)26-15-8-6-14(7-9-15)22(23,24)25/h5-11H,12H2,1-4H3,(H,26,28)(H,27,30). The van der Waals surface area contributed by atoms with Crippen LogP contribution >= 0.6 is 0 Å². The van der Waals surface area contributed by atoms with E-state index in [4.69, 9.17) is 9.47 Å². The molecule has 0 aromatic heterocycles. The minimum Gasteiger partial charge on any atom is -0.493 e. The van der Waals surface area contributed by atoms with E-state index >= 15 is 0 Å². The lowest BCUT2D eigenvalue weighted by molar-refractivity contribution is -0.137. The third-order valence-electron chi connectivity index (χ3n) is 3.98. The molecular weight excluding hydrogens is 429 g/mol. The van der Waals surface area contributed by atoms with Gasteiger partial charge in [0.05, 0.1) is 12.7 Å². The third kappa shape index (κ3) is 7.00. The van der Waals surface area contributed by atoms with Crippen molar-refractivity contribution in [2.75, 3.05) is 19.0 Å². The first-order chi connectivity index (χ1) is 14.8. The number of ketones is 1. The third-order valence-corrected chi connectivity index (χ3v) is 3.98. The normalized spacial score (nSPS) is 11.5. The predicted octanol–water partition coefficient (Wildman–Crippen LogP) is 3.83. The topological polar surface area (TPSA) is 93.7 Å². The van der Waals surface area contributed by atoms with Gasteiger partial charge in [-0.2, -0.15) is 13.2 Å². The van der Waals surface area contributed by atoms with Crippen LogP contribution in [0, 0.1) is 0 Å². The zero-order valence-electron chi connectivity index (χ0n) is 17.9. The average Bonchev–Trinajstić information content (AvgIpc) is 2.70. The molecule has 2 amide bonds. The number of nitrogens with one attached hydrogen (secondary N) is 2. The predicted molar refractivity (Wildman–Crippen MR) is 111 cm³/mol. The Morgan fingerprint density at radius 2 is 1.56 bits per heavy atom. The van der Waals surface area contributed by atoms with Crippen molar-refractivity contribution in [3.8, 4) is 11.5 Å². The molecule has 10 heteroatoms. The summed E-state index contributed by atoms with van der Waals surface area (Å²) in [6.07, 6.45) is -4.47. The summed E-state index contributed by atoms with van der Waals surface area (Å²) in [6, 6.07) is 8.01. The maximum absolute atomic E-state index is 12.6. The van der Waals surface area contributed by atoms with Gasteiger partial charge >= 0.3 is 6.18 Å². The van der Waals surface area contributed by atoms with Gasteiger partial charge in [-0.25, -0.2) is 0 Å². The molecular formula is C22H23F3N2O5. The fourth-order valence-corrected chi connectivity index (χ4v) is 2.54. The molecule has 32 heavy (non-hydrogen) atoms. The maximum atomic E-state index is 12.6. The molecule has 2 aromatic rings. The molecule has 0 bridgehead atoms. The van der Waals surface area contributed by atoms with Gasteiger partial charge in [-0.1, -0.05) is 0 Å². The molecule has 7 nitrogen and oxygen atoms in total. The van der Waals surface area contributed by atoms with Gasteiger partial charge in [-0.15, -0.1) is 0 Å². The summed E-state index contributed by atoms with van der Waals surface area (Å²) >= 11 is 0. The number of rotatable bonds is 7. The molecule has 0 saturated heterocycles. The van der Waals surface area contributed by atoms with Gasteiger partial charge < -0.3 is 20.1 Å². The summed E-state index contributed by atoms with van der Waals surface area (Å²) in [4.78, 5) is 36.4. The summed E-state index contributed by atoms with van der Waals surface area (Å²) in [7, 11) is 1.33. The van der Waals surface area contributed by atoms with Crippen LogP contribution in [0.2, 0.25) is 0 Å². The Morgan fingerprint density at radius 3 is 2.09 bits per heavy atom. The van der Waals surface area contributed by atoms with Gasteiger partial charge in [-0.3, -0.25) is 14.4 Å². The number of hydrogen-bond donors (Lipinski definition) is 2. The lowest BCUT2D eigenvalue weighted by Gasteiger charge is -2.20. The highest BCUT2D eigenvalue weighted by Crippen LogP contribution is 2.30. The molecule has 0 atom stereocenters. The zero-order chi connectivity index (χ0) is 24.1. The number of carbonyl (C=O) groups excluding carboxylic acids is 3. The van der Waals surface area contributed by atoms with E-state index < -0.39 is 41.5 Å². The van der Waals surface area contributed by atoms with Crippen molar-refractivity contribution in [2.24, 2.45) is 0 Å². The van der Waals surface area contributed by atoms with Crippen molar-refractivity contribution in [3.05, 3.63) is 53.6 Å². The van der Waals surface area contributed by atoms with Gasteiger partial charge in [0.25, 0.3) is 11.8 Å². The van der Waals surface area contributed by atoms with Crippen molar-refractivity contribution in [3.63, 3.8) is 0 Å². The number of Topliss-reactive ketones (excluding diaryl/α,β-unsaturated/α-hetero) is 1. The van der Waals surface area contributed by atoms with Crippen LogP contribution in [0.1, 0.15) is 36.7 Å². The SMILES string of the molecule is COc1cc(C(=O)C(=O)NC(C)(C)C)ccc1OCC(=O)Nc1ccc(C(F)(F)F)cc1. The van der Waals surface area contributed by atoms with Crippen molar-refractivity contribution in [1.29, 1.82) is 0 Å². The van der Waals surface area contributed by atoms with E-state index in [-0.39, 0.29) is 22.7 Å². The van der Waals surface area contributed by atoms with Crippen LogP contribution in [-0.4, -0.2) is 36.9 Å². The van der Waals surface area contributed by atoms with Crippen LogP contribution in [0.15, 0.2) is 42.5 Å². The molecule has 172 valence electrons. The van der Waals surface area contributed by atoms with E-state index in [1.54, 1.807) is 20.8 Å². The Hall–Kier alpha value is -3.56. The fraction of sp³-hybridized carbons (Fsp3) is 0.318. The molecule has 0 aliphatic rings. The molecule has 0 fully saturated rings. The molecule has 0 aliphatic heterocycles. The Labute approximate surface area is 182 Å². The smallest absolute Gasteiger partial charge is 0.416 e. The number of halogens is 3. The fourth-order valence-electron chi connectivity index (χ4n) is 2.54. The van der Waals surface area contributed by atoms with Gasteiger partial charge in [0, 0.05) is 16.8 Å². The lowest BCUT2D eigenvalue weighted by Crippen LogP contribution is -2.44. The number of amides is 2. The lowest BCUT2D eigenvalue weighted by atomic mass is 10.1. The van der Waals surface area contributed by atoms with E-state index in [9.17, 15) is 27.6 Å². The van der Waals surface area contributed by atoms with Crippen LogP contribution in [0.4, 0.5) is 18.9 Å². The first-order valence-electron chi connectivity index (χ1n) is 9.45. The summed E-state index contributed by atoms with van der Waals surface area (Å²) in [6.45, 7) is 4.76. The monoisotopic (exact) mass is 452 g/mol. The van der Waals surface area contributed by atoms with Crippen LogP contribution in [0.25, 0.3) is 0 Å². The highest BCUT2D eigenvalue weighted by molar-refractivity contribution is 6.43. The van der Waals surface area contributed by atoms with Crippen LogP contribution < -0.4 is 20.1 Å². The summed E-state index contributed by atoms with van der Waals surface area (Å²) in [5, 5.41) is 4.98. The summed E-state index contributed by atoms with van der Waals surface area (Å²) < 4.78 is 48.3. The second-order valence-electron chi connectivity index (χ2n) is 7.81. The molecule has 0 radical (unpaired) electrons. The van der Waals surface area contributed by atoms with Crippen LogP contribution in [-0.2, 0) is 15.8 Å². The molecule has 0 unspecified atom stereocenters. The molecule has 0 spiro atoms. The second-order valence-corrected chi connectivity index (χ2v) is 7.81. The Balaban J connectivity index is 2.01. The van der Waals surface area contributed by atoms with Gasteiger partial charge in [0.2, 0.25) is 5.78 Å². The van der Waals surface area contributed by atoms with Crippen LogP contribution in [0.3, 0.4) is 0 Å². The second kappa shape index (κ2) is 9.71. The van der Waals surface area contributed by atoms with Crippen molar-refractivity contribution in [1.82, 2.24) is 5.32 Å². The number of ether oxygens (including phenoxy) is 2. The number of benzene rings is 2. The van der Waals surface area contributed by atoms with Gasteiger partial charge in [0.1, 0.15) is 0 Å². The van der Waals surface area contributed by atoms with Crippen molar-refractivity contribution in [2.45, 2.75) is 32.5 Å². The van der Waals surface area contributed by atoms with E-state index in [2.05, 4.69) is 10.6 Å². The van der Waals surface area contributed by atoms with Crippen molar-refractivity contribution < 1.29 is 37.0 Å². The average molecular weight is 452 g/mol. The van der Waals surface area contributed by atoms with E-state index in [1.807, 2.05) is 0 Å². The molecule has 2 aromatic carbocycles.